The van der Waals surface area contributed by atoms with Gasteiger partial charge in [0.1, 0.15) is 24.4 Å². The number of benzene rings is 1. The van der Waals surface area contributed by atoms with E-state index in [1.54, 1.807) is 0 Å². The largest absolute Gasteiger partial charge is 0.508 e. The van der Waals surface area contributed by atoms with Gasteiger partial charge in [-0.25, -0.2) is 0 Å². The van der Waals surface area contributed by atoms with Crippen LogP contribution in [0, 0.1) is 0 Å². The summed E-state index contributed by atoms with van der Waals surface area (Å²) in [5.41, 5.74) is 11.2. The summed E-state index contributed by atoms with van der Waals surface area (Å²) >= 11 is 0. The molecule has 0 aliphatic rings. The molecule has 14 nitrogen and oxygen atoms in total. The number of nitrogens with one attached hydrogen (secondary N) is 3. The van der Waals surface area contributed by atoms with Crippen molar-refractivity contribution in [1.29, 1.82) is 0 Å². The van der Waals surface area contributed by atoms with Crippen molar-refractivity contribution in [1.82, 2.24) is 16.0 Å². The molecule has 4 amide bonds. The molecule has 0 saturated carbocycles. The minimum absolute atomic E-state index is 0.0335. The molecule has 192 valence electrons. The molecule has 10 N–H and O–H groups in total. The highest BCUT2D eigenvalue weighted by Gasteiger charge is 2.29. The fourth-order valence-corrected chi connectivity index (χ4v) is 2.88. The number of carbonyl (C=O) groups is 6. The van der Waals surface area contributed by atoms with Crippen LogP contribution in [0.5, 0.6) is 5.75 Å². The van der Waals surface area contributed by atoms with Crippen molar-refractivity contribution >= 4 is 35.6 Å². The Morgan fingerprint density at radius 2 is 1.40 bits per heavy atom. The summed E-state index contributed by atoms with van der Waals surface area (Å²) in [4.78, 5) is 70.5. The van der Waals surface area contributed by atoms with Gasteiger partial charge in [-0.3, -0.25) is 28.8 Å². The molecule has 1 aromatic carbocycles. The normalized spacial score (nSPS) is 13.1. The molecule has 0 saturated heterocycles. The maximum absolute atomic E-state index is 12.9. The summed E-state index contributed by atoms with van der Waals surface area (Å²) < 4.78 is 0. The Hall–Kier alpha value is -4.20. The Balaban J connectivity index is 3.02. The first-order chi connectivity index (χ1) is 16.4. The van der Waals surface area contributed by atoms with Gasteiger partial charge in [0.25, 0.3) is 0 Å². The van der Waals surface area contributed by atoms with E-state index in [1.807, 2.05) is 0 Å². The van der Waals surface area contributed by atoms with Crippen LogP contribution in [0.4, 0.5) is 0 Å². The van der Waals surface area contributed by atoms with E-state index in [-0.39, 0.29) is 31.4 Å². The number of rotatable bonds is 15. The molecule has 3 unspecified atom stereocenters. The fourth-order valence-electron chi connectivity index (χ4n) is 2.88. The standard InChI is InChI=1S/C21H29N5O9/c22-13(5-7-16(23)28)19(33)25-14(6-8-17(29)30)21(35)26-15(20(34)24-10-18(31)32)9-11-1-3-12(27)4-2-11/h1-4,13-15,27H,5-10,22H2,(H2,23,28)(H,24,34)(H,25,33)(H,26,35)(H,29,30)(H,31,32). The average molecular weight is 495 g/mol. The van der Waals surface area contributed by atoms with E-state index in [1.165, 1.54) is 24.3 Å². The number of nitrogens with two attached hydrogens (primary N) is 2. The van der Waals surface area contributed by atoms with Crippen LogP contribution in [-0.4, -0.2) is 75.6 Å². The van der Waals surface area contributed by atoms with Gasteiger partial charge in [0.15, 0.2) is 0 Å². The molecule has 35 heavy (non-hydrogen) atoms. The highest BCUT2D eigenvalue weighted by molar-refractivity contribution is 5.94. The minimum atomic E-state index is -1.40. The zero-order chi connectivity index (χ0) is 26.5. The van der Waals surface area contributed by atoms with Crippen LogP contribution in [0.25, 0.3) is 0 Å². The van der Waals surface area contributed by atoms with Crippen molar-refractivity contribution in [3.05, 3.63) is 29.8 Å². The van der Waals surface area contributed by atoms with Crippen LogP contribution in [-0.2, 0) is 35.2 Å². The second kappa shape index (κ2) is 14.1. The number of primary amides is 1. The summed E-state index contributed by atoms with van der Waals surface area (Å²) in [5.74, 6) is -5.85. The lowest BCUT2D eigenvalue weighted by molar-refractivity contribution is -0.138. The monoisotopic (exact) mass is 495 g/mol. The van der Waals surface area contributed by atoms with E-state index >= 15 is 0 Å². The zero-order valence-electron chi connectivity index (χ0n) is 18.7. The molecule has 0 heterocycles. The van der Waals surface area contributed by atoms with Crippen LogP contribution < -0.4 is 27.4 Å². The SMILES string of the molecule is NC(=O)CCC(N)C(=O)NC(CCC(=O)O)C(=O)NC(Cc1ccc(O)cc1)C(=O)NCC(=O)O. The van der Waals surface area contributed by atoms with Crippen LogP contribution in [0.15, 0.2) is 24.3 Å². The van der Waals surface area contributed by atoms with Gasteiger partial charge in [0, 0.05) is 19.3 Å². The number of phenolic OH excluding ortho intramolecular Hbond substituents is 1. The maximum atomic E-state index is 12.9. The highest BCUT2D eigenvalue weighted by Crippen LogP contribution is 2.12. The molecule has 1 rings (SSSR count). The van der Waals surface area contributed by atoms with Gasteiger partial charge in [-0.2, -0.15) is 0 Å². The van der Waals surface area contributed by atoms with Crippen molar-refractivity contribution < 1.29 is 44.1 Å². The predicted molar refractivity (Wildman–Crippen MR) is 120 cm³/mol. The summed E-state index contributed by atoms with van der Waals surface area (Å²) in [6.45, 7) is -0.714. The lowest BCUT2D eigenvalue weighted by atomic mass is 10.0. The number of carboxylic acid groups (broad SMARTS) is 2. The first-order valence-electron chi connectivity index (χ1n) is 10.5. The van der Waals surface area contributed by atoms with Crippen molar-refractivity contribution in [3.8, 4) is 5.75 Å². The van der Waals surface area contributed by atoms with Crippen molar-refractivity contribution in [2.24, 2.45) is 11.5 Å². The number of carbonyl (C=O) groups excluding carboxylic acids is 4. The second-order valence-corrected chi connectivity index (χ2v) is 7.65. The molecule has 1 aromatic rings. The molecule has 0 spiro atoms. The molecular formula is C21H29N5O9. The van der Waals surface area contributed by atoms with Gasteiger partial charge in [-0.15, -0.1) is 0 Å². The average Bonchev–Trinajstić information content (AvgIpc) is 2.78. The van der Waals surface area contributed by atoms with E-state index in [0.29, 0.717) is 5.56 Å². The van der Waals surface area contributed by atoms with Crippen molar-refractivity contribution in [2.45, 2.75) is 50.2 Å². The van der Waals surface area contributed by atoms with Gasteiger partial charge in [-0.05, 0) is 30.5 Å². The Kier molecular flexibility index (Phi) is 11.7. The number of carboxylic acids is 2. The highest BCUT2D eigenvalue weighted by atomic mass is 16.4. The molecular weight excluding hydrogens is 466 g/mol. The van der Waals surface area contributed by atoms with E-state index in [4.69, 9.17) is 21.7 Å². The van der Waals surface area contributed by atoms with E-state index in [0.717, 1.165) is 0 Å². The number of aromatic hydroxyl groups is 1. The topological polar surface area (TPSA) is 251 Å². The summed E-state index contributed by atoms with van der Waals surface area (Å²) in [5, 5.41) is 34.1. The van der Waals surface area contributed by atoms with Gasteiger partial charge in [0.2, 0.25) is 23.6 Å². The number of hydrogen-bond acceptors (Lipinski definition) is 8. The number of hydrogen-bond donors (Lipinski definition) is 8. The Bertz CT molecular complexity index is 936. The molecule has 0 bridgehead atoms. The Labute approximate surface area is 200 Å². The zero-order valence-corrected chi connectivity index (χ0v) is 18.7. The molecule has 0 aliphatic carbocycles. The lowest BCUT2D eigenvalue weighted by Crippen LogP contribution is -2.56. The van der Waals surface area contributed by atoms with E-state index in [2.05, 4.69) is 16.0 Å². The third-order valence-electron chi connectivity index (χ3n) is 4.74. The third kappa shape index (κ3) is 11.5. The second-order valence-electron chi connectivity index (χ2n) is 7.65. The van der Waals surface area contributed by atoms with Gasteiger partial charge in [0.05, 0.1) is 6.04 Å². The number of amides is 4. The van der Waals surface area contributed by atoms with Crippen molar-refractivity contribution in [2.75, 3.05) is 6.54 Å². The molecule has 0 radical (unpaired) electrons. The molecule has 14 heteroatoms. The van der Waals surface area contributed by atoms with Gasteiger partial charge >= 0.3 is 11.9 Å². The van der Waals surface area contributed by atoms with Crippen LogP contribution in [0.1, 0.15) is 31.2 Å². The number of phenols is 1. The first kappa shape index (κ1) is 28.8. The van der Waals surface area contributed by atoms with Crippen LogP contribution in [0.2, 0.25) is 0 Å². The summed E-state index contributed by atoms with van der Waals surface area (Å²) in [6, 6.07) is 1.79. The van der Waals surface area contributed by atoms with Gasteiger partial charge in [-0.1, -0.05) is 12.1 Å². The molecule has 0 aliphatic heterocycles. The molecule has 0 aromatic heterocycles. The van der Waals surface area contributed by atoms with E-state index in [9.17, 15) is 33.9 Å². The van der Waals surface area contributed by atoms with Crippen molar-refractivity contribution in [3.63, 3.8) is 0 Å². The smallest absolute Gasteiger partial charge is 0.322 e. The summed E-state index contributed by atoms with van der Waals surface area (Å²) in [6.07, 6.45) is -1.22. The first-order valence-corrected chi connectivity index (χ1v) is 10.5. The third-order valence-corrected chi connectivity index (χ3v) is 4.74. The quantitative estimate of drug-likeness (QED) is 0.128. The van der Waals surface area contributed by atoms with Crippen LogP contribution in [0.3, 0.4) is 0 Å². The minimum Gasteiger partial charge on any atom is -0.508 e. The summed E-state index contributed by atoms with van der Waals surface area (Å²) in [7, 11) is 0. The number of aliphatic carboxylic acids is 2. The Morgan fingerprint density at radius 3 is 1.94 bits per heavy atom. The lowest BCUT2D eigenvalue weighted by Gasteiger charge is -2.24. The predicted octanol–water partition coefficient (Wildman–Crippen LogP) is -2.44. The van der Waals surface area contributed by atoms with Crippen LogP contribution >= 0.6 is 0 Å². The van der Waals surface area contributed by atoms with E-state index < -0.39 is 66.7 Å². The van der Waals surface area contributed by atoms with Gasteiger partial charge < -0.3 is 42.7 Å². The maximum Gasteiger partial charge on any atom is 0.322 e. The molecule has 0 fully saturated rings. The fraction of sp³-hybridized carbons (Fsp3) is 0.429. The Morgan fingerprint density at radius 1 is 0.800 bits per heavy atom. The molecule has 3 atom stereocenters.